The predicted octanol–water partition coefficient (Wildman–Crippen LogP) is 3.68. The summed E-state index contributed by atoms with van der Waals surface area (Å²) in [6.07, 6.45) is -3.37. The summed E-state index contributed by atoms with van der Waals surface area (Å²) >= 11 is 1.43. The summed E-state index contributed by atoms with van der Waals surface area (Å²) in [5, 5.41) is 0.675. The molecular weight excluding hydrogens is 299 g/mol. The molecule has 1 atom stereocenters. The van der Waals surface area contributed by atoms with E-state index in [1.807, 2.05) is 20.8 Å². The first-order valence-corrected chi connectivity index (χ1v) is 7.96. The zero-order chi connectivity index (χ0) is 15.8. The number of anilines is 1. The van der Waals surface area contributed by atoms with E-state index in [9.17, 15) is 13.2 Å². The molecule has 3 nitrogen and oxygen atoms in total. The van der Waals surface area contributed by atoms with Gasteiger partial charge in [0.15, 0.2) is 5.13 Å². The monoisotopic (exact) mass is 321 g/mol. The molecule has 0 bridgehead atoms. The van der Waals surface area contributed by atoms with E-state index in [2.05, 4.69) is 4.98 Å². The summed E-state index contributed by atoms with van der Waals surface area (Å²) < 4.78 is 38.7. The maximum absolute atomic E-state index is 12.9. The molecule has 2 rings (SSSR count). The zero-order valence-corrected chi connectivity index (χ0v) is 13.4. The summed E-state index contributed by atoms with van der Waals surface area (Å²) in [4.78, 5) is 7.32. The van der Waals surface area contributed by atoms with Gasteiger partial charge in [-0.05, 0) is 12.8 Å². The van der Waals surface area contributed by atoms with Gasteiger partial charge in [-0.25, -0.2) is 4.98 Å². The molecule has 1 aromatic rings. The molecule has 0 spiro atoms. The third-order valence-corrected chi connectivity index (χ3v) is 4.88. The minimum atomic E-state index is -4.13. The molecule has 0 saturated carbocycles. The summed E-state index contributed by atoms with van der Waals surface area (Å²) in [5.41, 5.74) is 6.51. The van der Waals surface area contributed by atoms with Crippen LogP contribution in [0.3, 0.4) is 0 Å². The molecule has 0 amide bonds. The lowest BCUT2D eigenvalue weighted by molar-refractivity contribution is -0.175. The fourth-order valence-electron chi connectivity index (χ4n) is 2.62. The van der Waals surface area contributed by atoms with Crippen LogP contribution in [0.25, 0.3) is 0 Å². The minimum Gasteiger partial charge on any atom is -0.347 e. The standard InChI is InChI=1S/C14H22F3N3S/c1-13(2,3)11-10(7-18)21-12(19-11)20-6-4-5-9(8-20)14(15,16)17/h9H,4-8,18H2,1-3H3. The normalized spacial score (nSPS) is 20.9. The van der Waals surface area contributed by atoms with E-state index in [-0.39, 0.29) is 18.4 Å². The highest BCUT2D eigenvalue weighted by Gasteiger charge is 2.42. The summed E-state index contributed by atoms with van der Waals surface area (Å²) in [7, 11) is 0. The molecule has 1 unspecified atom stereocenters. The smallest absolute Gasteiger partial charge is 0.347 e. The first-order valence-electron chi connectivity index (χ1n) is 7.15. The van der Waals surface area contributed by atoms with E-state index in [1.54, 1.807) is 4.90 Å². The van der Waals surface area contributed by atoms with Crippen molar-refractivity contribution in [2.45, 2.75) is 51.7 Å². The van der Waals surface area contributed by atoms with E-state index in [1.165, 1.54) is 11.3 Å². The Labute approximate surface area is 127 Å². The van der Waals surface area contributed by atoms with Crippen LogP contribution in [-0.4, -0.2) is 24.2 Å². The molecule has 2 heterocycles. The summed E-state index contributed by atoms with van der Waals surface area (Å²) in [5.74, 6) is -1.26. The van der Waals surface area contributed by atoms with Crippen molar-refractivity contribution in [1.82, 2.24) is 4.98 Å². The van der Waals surface area contributed by atoms with Gasteiger partial charge in [0, 0.05) is 29.9 Å². The molecule has 1 fully saturated rings. The van der Waals surface area contributed by atoms with Crippen molar-refractivity contribution in [3.8, 4) is 0 Å². The molecule has 1 aliphatic heterocycles. The van der Waals surface area contributed by atoms with E-state index in [0.717, 1.165) is 10.6 Å². The van der Waals surface area contributed by atoms with Crippen molar-refractivity contribution in [3.63, 3.8) is 0 Å². The highest BCUT2D eigenvalue weighted by atomic mass is 32.1. The summed E-state index contributed by atoms with van der Waals surface area (Å²) in [6, 6.07) is 0. The Morgan fingerprint density at radius 2 is 2.00 bits per heavy atom. The summed E-state index contributed by atoms with van der Waals surface area (Å²) in [6.45, 7) is 7.14. The molecule has 7 heteroatoms. The van der Waals surface area contributed by atoms with Gasteiger partial charge in [0.1, 0.15) is 0 Å². The Morgan fingerprint density at radius 3 is 2.48 bits per heavy atom. The highest BCUT2D eigenvalue weighted by Crippen LogP contribution is 2.38. The zero-order valence-electron chi connectivity index (χ0n) is 12.6. The molecule has 0 aliphatic carbocycles. The van der Waals surface area contributed by atoms with Crippen molar-refractivity contribution in [2.24, 2.45) is 11.7 Å². The Morgan fingerprint density at radius 1 is 1.33 bits per heavy atom. The first-order chi connectivity index (χ1) is 9.63. The van der Waals surface area contributed by atoms with Crippen molar-refractivity contribution in [3.05, 3.63) is 10.6 Å². The molecule has 2 N–H and O–H groups in total. The van der Waals surface area contributed by atoms with Crippen LogP contribution in [0.4, 0.5) is 18.3 Å². The Kier molecular flexibility index (Phi) is 4.54. The number of hydrogen-bond donors (Lipinski definition) is 1. The number of nitrogens with zero attached hydrogens (tertiary/aromatic N) is 2. The second kappa shape index (κ2) is 5.76. The molecular formula is C14H22F3N3S. The Hall–Kier alpha value is -0.820. The third-order valence-electron chi connectivity index (χ3n) is 3.74. The van der Waals surface area contributed by atoms with Gasteiger partial charge in [0.2, 0.25) is 0 Å². The topological polar surface area (TPSA) is 42.2 Å². The van der Waals surface area contributed by atoms with Crippen molar-refractivity contribution < 1.29 is 13.2 Å². The largest absolute Gasteiger partial charge is 0.393 e. The molecule has 120 valence electrons. The first kappa shape index (κ1) is 16.5. The predicted molar refractivity (Wildman–Crippen MR) is 79.7 cm³/mol. The lowest BCUT2D eigenvalue weighted by Crippen LogP contribution is -2.41. The number of halogens is 3. The van der Waals surface area contributed by atoms with Gasteiger partial charge < -0.3 is 10.6 Å². The van der Waals surface area contributed by atoms with Gasteiger partial charge in [0.05, 0.1) is 11.6 Å². The van der Waals surface area contributed by atoms with Crippen molar-refractivity contribution in [1.29, 1.82) is 0 Å². The number of rotatable bonds is 2. The van der Waals surface area contributed by atoms with E-state index in [0.29, 0.717) is 24.6 Å². The van der Waals surface area contributed by atoms with Crippen LogP contribution in [0.5, 0.6) is 0 Å². The number of thiazole rings is 1. The van der Waals surface area contributed by atoms with Crippen molar-refractivity contribution in [2.75, 3.05) is 18.0 Å². The number of piperidine rings is 1. The number of aromatic nitrogens is 1. The molecule has 0 aromatic carbocycles. The number of alkyl halides is 3. The lowest BCUT2D eigenvalue weighted by Gasteiger charge is -2.33. The van der Waals surface area contributed by atoms with Crippen LogP contribution in [0.1, 0.15) is 44.2 Å². The van der Waals surface area contributed by atoms with Crippen LogP contribution in [-0.2, 0) is 12.0 Å². The van der Waals surface area contributed by atoms with Crippen molar-refractivity contribution >= 4 is 16.5 Å². The van der Waals surface area contributed by atoms with Gasteiger partial charge in [-0.15, -0.1) is 11.3 Å². The second-order valence-electron chi connectivity index (χ2n) is 6.55. The van der Waals surface area contributed by atoms with Gasteiger partial charge in [-0.2, -0.15) is 13.2 Å². The van der Waals surface area contributed by atoms with Crippen LogP contribution < -0.4 is 10.6 Å². The fourth-order valence-corrected chi connectivity index (χ4v) is 3.80. The quantitative estimate of drug-likeness (QED) is 0.903. The molecule has 1 aromatic heterocycles. The number of hydrogen-bond acceptors (Lipinski definition) is 4. The van der Waals surface area contributed by atoms with Gasteiger partial charge in [-0.1, -0.05) is 20.8 Å². The molecule has 0 radical (unpaired) electrons. The van der Waals surface area contributed by atoms with E-state index < -0.39 is 12.1 Å². The van der Waals surface area contributed by atoms with Crippen LogP contribution in [0.2, 0.25) is 0 Å². The Balaban J connectivity index is 2.24. The third kappa shape index (κ3) is 3.69. The van der Waals surface area contributed by atoms with Gasteiger partial charge in [0.25, 0.3) is 0 Å². The lowest BCUT2D eigenvalue weighted by atomic mass is 9.91. The maximum atomic E-state index is 12.9. The molecule has 1 aliphatic rings. The van der Waals surface area contributed by atoms with Crippen LogP contribution >= 0.6 is 11.3 Å². The molecule has 21 heavy (non-hydrogen) atoms. The second-order valence-corrected chi connectivity index (χ2v) is 7.61. The SMILES string of the molecule is CC(C)(C)c1nc(N2CCCC(C(F)(F)F)C2)sc1CN. The highest BCUT2D eigenvalue weighted by molar-refractivity contribution is 7.15. The average Bonchev–Trinajstić information content (AvgIpc) is 2.82. The van der Waals surface area contributed by atoms with Gasteiger partial charge in [-0.3, -0.25) is 0 Å². The van der Waals surface area contributed by atoms with Crippen LogP contribution in [0.15, 0.2) is 0 Å². The average molecular weight is 321 g/mol. The maximum Gasteiger partial charge on any atom is 0.393 e. The van der Waals surface area contributed by atoms with Gasteiger partial charge >= 0.3 is 6.18 Å². The van der Waals surface area contributed by atoms with E-state index >= 15 is 0 Å². The minimum absolute atomic E-state index is 0.00457. The van der Waals surface area contributed by atoms with E-state index in [4.69, 9.17) is 5.73 Å². The van der Waals surface area contributed by atoms with Crippen LogP contribution in [0, 0.1) is 5.92 Å². The fraction of sp³-hybridized carbons (Fsp3) is 0.786. The number of nitrogens with two attached hydrogens (primary N) is 1. The molecule has 1 saturated heterocycles. The Bertz CT molecular complexity index is 491.